The lowest BCUT2D eigenvalue weighted by atomic mass is 9.78. The van der Waals surface area contributed by atoms with Gasteiger partial charge in [-0.05, 0) is 19.8 Å². The van der Waals surface area contributed by atoms with E-state index in [1.165, 1.54) is 0 Å². The molecular formula is C7H12INO. The van der Waals surface area contributed by atoms with E-state index in [1.807, 2.05) is 0 Å². The first-order valence-electron chi connectivity index (χ1n) is 3.45. The molecule has 1 fully saturated rings. The summed E-state index contributed by atoms with van der Waals surface area (Å²) in [5.41, 5.74) is 0.109. The average molecular weight is 253 g/mol. The molecule has 0 aromatic carbocycles. The largest absolute Gasteiger partial charge is 0.351 e. The zero-order valence-corrected chi connectivity index (χ0v) is 8.44. The van der Waals surface area contributed by atoms with Crippen LogP contribution in [0.15, 0.2) is 0 Å². The third-order valence-electron chi connectivity index (χ3n) is 1.82. The second-order valence-corrected chi connectivity index (χ2v) is 5.01. The molecule has 3 heteroatoms. The summed E-state index contributed by atoms with van der Waals surface area (Å²) in [7, 11) is 0. The minimum absolute atomic E-state index is 0.0887. The molecule has 10 heavy (non-hydrogen) atoms. The summed E-state index contributed by atoms with van der Waals surface area (Å²) in [5.74, 6) is 0.0887. The number of carbonyl (C=O) groups is 1. The number of amides is 1. The van der Waals surface area contributed by atoms with Gasteiger partial charge in [0.1, 0.15) is 0 Å². The summed E-state index contributed by atoms with van der Waals surface area (Å²) >= 11 is 2.41. The van der Waals surface area contributed by atoms with Gasteiger partial charge in [0.05, 0.1) is 0 Å². The first kappa shape index (κ1) is 8.30. The number of alkyl halides is 1. The Morgan fingerprint density at radius 2 is 2.20 bits per heavy atom. The molecule has 1 amide bonds. The third-order valence-corrected chi connectivity index (χ3v) is 2.70. The summed E-state index contributed by atoms with van der Waals surface area (Å²) in [6, 6.07) is 0. The summed E-state index contributed by atoms with van der Waals surface area (Å²) in [5, 5.41) is 2.94. The van der Waals surface area contributed by atoms with Crippen LogP contribution >= 0.6 is 22.6 Å². The Labute approximate surface area is 74.9 Å². The van der Waals surface area contributed by atoms with Crippen molar-refractivity contribution < 1.29 is 4.79 Å². The summed E-state index contributed by atoms with van der Waals surface area (Å²) < 4.78 is 0.759. The Morgan fingerprint density at radius 3 is 2.50 bits per heavy atom. The van der Waals surface area contributed by atoms with Crippen LogP contribution in [0.1, 0.15) is 26.7 Å². The fourth-order valence-corrected chi connectivity index (χ4v) is 3.39. The van der Waals surface area contributed by atoms with E-state index in [0.29, 0.717) is 0 Å². The van der Waals surface area contributed by atoms with E-state index < -0.39 is 0 Å². The first-order chi connectivity index (χ1) is 4.52. The molecule has 58 valence electrons. The Morgan fingerprint density at radius 1 is 1.70 bits per heavy atom. The van der Waals surface area contributed by atoms with Gasteiger partial charge in [0.25, 0.3) is 0 Å². The SMILES string of the molecule is CC(=O)N[C@]1(C)C[C@H](I)C1. The lowest BCUT2D eigenvalue weighted by Crippen LogP contribution is -2.54. The summed E-state index contributed by atoms with van der Waals surface area (Å²) in [4.78, 5) is 10.6. The molecule has 0 radical (unpaired) electrons. The molecule has 1 aliphatic rings. The molecule has 0 unspecified atom stereocenters. The van der Waals surface area contributed by atoms with Gasteiger partial charge in [0, 0.05) is 16.4 Å². The molecule has 0 atom stereocenters. The van der Waals surface area contributed by atoms with Crippen molar-refractivity contribution in [3.05, 3.63) is 0 Å². The van der Waals surface area contributed by atoms with Crippen LogP contribution < -0.4 is 5.32 Å². The topological polar surface area (TPSA) is 29.1 Å². The average Bonchev–Trinajstić information content (AvgIpc) is 1.57. The van der Waals surface area contributed by atoms with Gasteiger partial charge in [0.15, 0.2) is 0 Å². The minimum Gasteiger partial charge on any atom is -0.351 e. The van der Waals surface area contributed by atoms with Crippen molar-refractivity contribution in [2.24, 2.45) is 0 Å². The van der Waals surface area contributed by atoms with Crippen LogP contribution in [0.25, 0.3) is 0 Å². The first-order valence-corrected chi connectivity index (χ1v) is 4.69. The molecule has 1 N–H and O–H groups in total. The van der Waals surface area contributed by atoms with Crippen LogP contribution in [0, 0.1) is 0 Å². The van der Waals surface area contributed by atoms with Crippen LogP contribution in [-0.4, -0.2) is 15.4 Å². The molecule has 0 bridgehead atoms. The van der Waals surface area contributed by atoms with Gasteiger partial charge >= 0.3 is 0 Å². The Hall–Kier alpha value is 0.200. The fourth-order valence-electron chi connectivity index (χ4n) is 1.44. The Kier molecular flexibility index (Phi) is 2.22. The third kappa shape index (κ3) is 1.84. The maximum Gasteiger partial charge on any atom is 0.217 e. The maximum atomic E-state index is 10.6. The van der Waals surface area contributed by atoms with Crippen LogP contribution in [0.5, 0.6) is 0 Å². The van der Waals surface area contributed by atoms with Gasteiger partial charge in [0.2, 0.25) is 5.91 Å². The number of nitrogens with one attached hydrogen (secondary N) is 1. The van der Waals surface area contributed by atoms with Crippen molar-refractivity contribution in [2.45, 2.75) is 36.2 Å². The van der Waals surface area contributed by atoms with Crippen LogP contribution in [-0.2, 0) is 4.79 Å². The Balaban J connectivity index is 2.34. The van der Waals surface area contributed by atoms with Crippen molar-refractivity contribution in [1.29, 1.82) is 0 Å². The molecular weight excluding hydrogens is 241 g/mol. The highest BCUT2D eigenvalue weighted by Gasteiger charge is 2.39. The van der Waals surface area contributed by atoms with E-state index in [2.05, 4.69) is 34.8 Å². The van der Waals surface area contributed by atoms with E-state index in [4.69, 9.17) is 0 Å². The number of hydrogen-bond acceptors (Lipinski definition) is 1. The van der Waals surface area contributed by atoms with Crippen LogP contribution in [0.2, 0.25) is 0 Å². The number of halogens is 1. The second-order valence-electron chi connectivity index (χ2n) is 3.25. The van der Waals surface area contributed by atoms with Crippen molar-refractivity contribution in [3.8, 4) is 0 Å². The molecule has 0 heterocycles. The Bertz CT molecular complexity index is 152. The molecule has 0 spiro atoms. The highest BCUT2D eigenvalue weighted by molar-refractivity contribution is 14.1. The van der Waals surface area contributed by atoms with Crippen LogP contribution in [0.4, 0.5) is 0 Å². The van der Waals surface area contributed by atoms with E-state index in [-0.39, 0.29) is 11.4 Å². The van der Waals surface area contributed by atoms with Gasteiger partial charge < -0.3 is 5.32 Å². The quantitative estimate of drug-likeness (QED) is 0.556. The molecule has 1 rings (SSSR count). The molecule has 0 aliphatic heterocycles. The van der Waals surface area contributed by atoms with Crippen molar-refractivity contribution in [2.75, 3.05) is 0 Å². The van der Waals surface area contributed by atoms with E-state index in [0.717, 1.165) is 16.8 Å². The van der Waals surface area contributed by atoms with Crippen molar-refractivity contribution in [3.63, 3.8) is 0 Å². The summed E-state index contributed by atoms with van der Waals surface area (Å²) in [6.45, 7) is 3.68. The molecule has 0 aromatic heterocycles. The van der Waals surface area contributed by atoms with Crippen LogP contribution in [0.3, 0.4) is 0 Å². The lowest BCUT2D eigenvalue weighted by Gasteiger charge is -2.43. The van der Waals surface area contributed by atoms with Gasteiger partial charge in [-0.2, -0.15) is 0 Å². The highest BCUT2D eigenvalue weighted by atomic mass is 127. The number of rotatable bonds is 1. The predicted octanol–water partition coefficient (Wildman–Crippen LogP) is 1.48. The van der Waals surface area contributed by atoms with Gasteiger partial charge in [-0.15, -0.1) is 0 Å². The second kappa shape index (κ2) is 2.68. The van der Waals surface area contributed by atoms with E-state index in [9.17, 15) is 4.79 Å². The predicted molar refractivity (Wildman–Crippen MR) is 49.3 cm³/mol. The zero-order valence-electron chi connectivity index (χ0n) is 6.28. The smallest absolute Gasteiger partial charge is 0.217 e. The monoisotopic (exact) mass is 253 g/mol. The van der Waals surface area contributed by atoms with Crippen molar-refractivity contribution in [1.82, 2.24) is 5.32 Å². The molecule has 1 saturated carbocycles. The fraction of sp³-hybridized carbons (Fsp3) is 0.857. The minimum atomic E-state index is 0.0887. The normalized spacial score (nSPS) is 38.5. The lowest BCUT2D eigenvalue weighted by molar-refractivity contribution is -0.121. The van der Waals surface area contributed by atoms with E-state index >= 15 is 0 Å². The van der Waals surface area contributed by atoms with Crippen molar-refractivity contribution >= 4 is 28.5 Å². The van der Waals surface area contributed by atoms with E-state index in [1.54, 1.807) is 6.92 Å². The van der Waals surface area contributed by atoms with Gasteiger partial charge in [-0.25, -0.2) is 0 Å². The zero-order chi connectivity index (χ0) is 7.78. The molecule has 0 aromatic rings. The standard InChI is InChI=1S/C7H12INO/c1-5(10)9-7(2)3-6(8)4-7/h6H,3-4H2,1-2H3,(H,9,10)/t6-,7+. The molecule has 1 aliphatic carbocycles. The molecule has 0 saturated heterocycles. The number of hydrogen-bond donors (Lipinski definition) is 1. The van der Waals surface area contributed by atoms with Gasteiger partial charge in [-0.1, -0.05) is 22.6 Å². The highest BCUT2D eigenvalue weighted by Crippen LogP contribution is 2.37. The molecule has 2 nitrogen and oxygen atoms in total. The maximum absolute atomic E-state index is 10.6. The van der Waals surface area contributed by atoms with Gasteiger partial charge in [-0.3, -0.25) is 4.79 Å². The number of carbonyl (C=O) groups excluding carboxylic acids is 1. The summed E-state index contributed by atoms with van der Waals surface area (Å²) in [6.07, 6.45) is 2.24.